The van der Waals surface area contributed by atoms with Gasteiger partial charge in [-0.1, -0.05) is 48.5 Å². The summed E-state index contributed by atoms with van der Waals surface area (Å²) in [5.41, 5.74) is 3.15. The smallest absolute Gasteiger partial charge is 0.345 e. The van der Waals surface area contributed by atoms with Crippen LogP contribution in [0.1, 0.15) is 27.2 Å². The highest BCUT2D eigenvalue weighted by Crippen LogP contribution is 2.28. The van der Waals surface area contributed by atoms with Gasteiger partial charge in [0.1, 0.15) is 12.3 Å². The maximum Gasteiger partial charge on any atom is 0.345 e. The molecule has 0 radical (unpaired) electrons. The average molecular weight is 428 g/mol. The predicted octanol–water partition coefficient (Wildman–Crippen LogP) is 3.35. The van der Waals surface area contributed by atoms with Crippen molar-refractivity contribution in [2.45, 2.75) is 6.92 Å². The largest absolute Gasteiger partial charge is 0.480 e. The molecule has 1 N–H and O–H groups in total. The molecule has 32 heavy (non-hydrogen) atoms. The number of aromatic nitrogens is 1. The molecular formula is C24H20N4O4. The first-order valence-corrected chi connectivity index (χ1v) is 9.95. The van der Waals surface area contributed by atoms with E-state index in [-0.39, 0.29) is 12.3 Å². The van der Waals surface area contributed by atoms with Crippen LogP contribution in [0, 0.1) is 6.92 Å². The van der Waals surface area contributed by atoms with Gasteiger partial charge >= 0.3 is 12.0 Å². The molecule has 0 saturated carbocycles. The summed E-state index contributed by atoms with van der Waals surface area (Å²) in [6, 6.07) is 18.7. The molecule has 0 aliphatic carbocycles. The zero-order valence-electron chi connectivity index (χ0n) is 17.3. The van der Waals surface area contributed by atoms with Gasteiger partial charge in [-0.05, 0) is 30.7 Å². The van der Waals surface area contributed by atoms with Crippen LogP contribution in [0.25, 0.3) is 0 Å². The third kappa shape index (κ3) is 4.11. The number of carboxylic acid groups (broad SMARTS) is 1. The second-order valence-electron chi connectivity index (χ2n) is 7.24. The molecular weight excluding hydrogens is 408 g/mol. The molecule has 8 heteroatoms. The van der Waals surface area contributed by atoms with E-state index in [1.807, 2.05) is 19.1 Å². The predicted molar refractivity (Wildman–Crippen MR) is 119 cm³/mol. The maximum absolute atomic E-state index is 13.4. The molecule has 1 aliphatic heterocycles. The molecule has 3 aromatic rings. The molecule has 1 aliphatic rings. The second kappa shape index (κ2) is 8.81. The number of benzene rings is 2. The molecule has 0 bridgehead atoms. The molecule has 0 saturated heterocycles. The first-order chi connectivity index (χ1) is 15.5. The van der Waals surface area contributed by atoms with Crippen molar-refractivity contribution in [3.63, 3.8) is 0 Å². The van der Waals surface area contributed by atoms with Gasteiger partial charge in [-0.3, -0.25) is 19.5 Å². The van der Waals surface area contributed by atoms with E-state index >= 15 is 0 Å². The molecule has 4 rings (SSSR count). The number of amides is 2. The van der Waals surface area contributed by atoms with Crippen LogP contribution in [0.2, 0.25) is 0 Å². The highest BCUT2D eigenvalue weighted by molar-refractivity contribution is 6.19. The van der Waals surface area contributed by atoms with Gasteiger partial charge in [-0.15, -0.1) is 0 Å². The van der Waals surface area contributed by atoms with Crippen LogP contribution in [0.4, 0.5) is 10.5 Å². The summed E-state index contributed by atoms with van der Waals surface area (Å²) < 4.78 is 0. The third-order valence-corrected chi connectivity index (χ3v) is 5.06. The van der Waals surface area contributed by atoms with Crippen molar-refractivity contribution >= 4 is 29.2 Å². The number of hydrogen-bond donors (Lipinski definition) is 1. The number of anilines is 1. The standard InChI is InChI=1S/C24H20N4O4/c1-16-8-2-3-9-17(16)21(29)14-27-20-12-5-4-10-18(20)23(19-11-6-7-13-25-19)26-28(24(27)32)15-22(30)31/h2-13H,14-15H2,1H3,(H,30,31). The fourth-order valence-corrected chi connectivity index (χ4v) is 3.56. The third-order valence-electron chi connectivity index (χ3n) is 5.06. The number of ketones is 1. The molecule has 2 heterocycles. The molecule has 0 unspecified atom stereocenters. The van der Waals surface area contributed by atoms with Crippen molar-refractivity contribution in [1.82, 2.24) is 9.99 Å². The number of Topliss-reactive ketones (excluding diaryl/α,β-unsaturated/α-hetero) is 1. The quantitative estimate of drug-likeness (QED) is 0.607. The van der Waals surface area contributed by atoms with Gasteiger partial charge in [0.15, 0.2) is 5.78 Å². The topological polar surface area (TPSA) is 103 Å². The van der Waals surface area contributed by atoms with Crippen LogP contribution in [-0.2, 0) is 4.79 Å². The number of carbonyl (C=O) groups is 3. The summed E-state index contributed by atoms with van der Waals surface area (Å²) in [6.45, 7) is 0.907. The van der Waals surface area contributed by atoms with E-state index in [0.29, 0.717) is 28.2 Å². The van der Waals surface area contributed by atoms with Crippen molar-refractivity contribution in [1.29, 1.82) is 0 Å². The second-order valence-corrected chi connectivity index (χ2v) is 7.24. The Morgan fingerprint density at radius 2 is 1.66 bits per heavy atom. The number of pyridine rings is 1. The van der Waals surface area contributed by atoms with Crippen LogP contribution in [0.5, 0.6) is 0 Å². The molecule has 2 aromatic carbocycles. The van der Waals surface area contributed by atoms with Crippen molar-refractivity contribution in [3.8, 4) is 0 Å². The van der Waals surface area contributed by atoms with E-state index in [1.54, 1.807) is 60.8 Å². The number of carbonyl (C=O) groups excluding carboxylic acids is 2. The summed E-state index contributed by atoms with van der Waals surface area (Å²) in [4.78, 5) is 43.6. The molecule has 160 valence electrons. The first kappa shape index (κ1) is 20.9. The number of hydrazone groups is 1. The van der Waals surface area contributed by atoms with E-state index in [4.69, 9.17) is 0 Å². The number of rotatable bonds is 6. The van der Waals surface area contributed by atoms with E-state index in [0.717, 1.165) is 10.6 Å². The van der Waals surface area contributed by atoms with Crippen LogP contribution in [0.3, 0.4) is 0 Å². The normalized spacial score (nSPS) is 13.3. The fourth-order valence-electron chi connectivity index (χ4n) is 3.56. The Balaban J connectivity index is 1.83. The number of para-hydroxylation sites is 1. The number of urea groups is 1. The van der Waals surface area contributed by atoms with E-state index in [9.17, 15) is 19.5 Å². The molecule has 8 nitrogen and oxygen atoms in total. The lowest BCUT2D eigenvalue weighted by molar-refractivity contribution is -0.137. The van der Waals surface area contributed by atoms with Crippen LogP contribution in [0.15, 0.2) is 78.0 Å². The summed E-state index contributed by atoms with van der Waals surface area (Å²) in [5.74, 6) is -1.48. The van der Waals surface area contributed by atoms with E-state index in [2.05, 4.69) is 10.1 Å². The first-order valence-electron chi connectivity index (χ1n) is 9.95. The molecule has 1 aromatic heterocycles. The van der Waals surface area contributed by atoms with E-state index < -0.39 is 18.5 Å². The van der Waals surface area contributed by atoms with Crippen LogP contribution in [-0.4, -0.2) is 51.7 Å². The molecule has 0 spiro atoms. The molecule has 0 fully saturated rings. The van der Waals surface area contributed by atoms with Gasteiger partial charge in [-0.25, -0.2) is 9.80 Å². The number of aryl methyl sites for hydroxylation is 1. The van der Waals surface area contributed by atoms with Crippen molar-refractivity contribution in [2.75, 3.05) is 18.0 Å². The van der Waals surface area contributed by atoms with Crippen LogP contribution >= 0.6 is 0 Å². The summed E-state index contributed by atoms with van der Waals surface area (Å²) in [5, 5.41) is 14.6. The lowest BCUT2D eigenvalue weighted by Gasteiger charge is -2.25. The van der Waals surface area contributed by atoms with E-state index in [1.165, 1.54) is 4.90 Å². The average Bonchev–Trinajstić information content (AvgIpc) is 2.90. The van der Waals surface area contributed by atoms with Gasteiger partial charge in [0.25, 0.3) is 0 Å². The SMILES string of the molecule is Cc1ccccc1C(=O)CN1C(=O)N(CC(=O)O)N=C(c2ccccn2)c2ccccc21. The minimum Gasteiger partial charge on any atom is -0.480 e. The monoisotopic (exact) mass is 428 g/mol. The highest BCUT2D eigenvalue weighted by Gasteiger charge is 2.33. The Kier molecular flexibility index (Phi) is 5.76. The maximum atomic E-state index is 13.4. The van der Waals surface area contributed by atoms with Crippen molar-refractivity contribution < 1.29 is 19.5 Å². The molecule has 0 atom stereocenters. The van der Waals surface area contributed by atoms with Gasteiger partial charge in [0.05, 0.1) is 17.9 Å². The Morgan fingerprint density at radius 1 is 0.938 bits per heavy atom. The van der Waals surface area contributed by atoms with Crippen molar-refractivity contribution in [2.24, 2.45) is 5.10 Å². The Hall–Kier alpha value is -4.33. The van der Waals surface area contributed by atoms with Crippen LogP contribution < -0.4 is 4.90 Å². The van der Waals surface area contributed by atoms with Gasteiger partial charge in [0.2, 0.25) is 0 Å². The number of carboxylic acids is 1. The number of nitrogens with zero attached hydrogens (tertiary/aromatic N) is 4. The van der Waals surface area contributed by atoms with Crippen molar-refractivity contribution in [3.05, 3.63) is 95.3 Å². The number of hydrogen-bond acceptors (Lipinski definition) is 5. The summed E-state index contributed by atoms with van der Waals surface area (Å²) in [7, 11) is 0. The van der Waals surface area contributed by atoms with Gasteiger partial charge in [0, 0.05) is 17.3 Å². The summed E-state index contributed by atoms with van der Waals surface area (Å²) in [6.07, 6.45) is 1.59. The number of aliphatic carboxylic acids is 1. The van der Waals surface area contributed by atoms with Gasteiger partial charge in [-0.2, -0.15) is 5.10 Å². The molecule has 2 amide bonds. The zero-order chi connectivity index (χ0) is 22.7. The number of fused-ring (bicyclic) bond motifs is 1. The lowest BCUT2D eigenvalue weighted by Crippen LogP contribution is -2.44. The lowest BCUT2D eigenvalue weighted by atomic mass is 10.0. The highest BCUT2D eigenvalue weighted by atomic mass is 16.4. The summed E-state index contributed by atoms with van der Waals surface area (Å²) >= 11 is 0. The Bertz CT molecular complexity index is 1220. The Labute approximate surface area is 184 Å². The fraction of sp³-hybridized carbons (Fsp3) is 0.125. The van der Waals surface area contributed by atoms with Gasteiger partial charge < -0.3 is 5.11 Å². The Morgan fingerprint density at radius 3 is 2.38 bits per heavy atom. The minimum atomic E-state index is -1.22. The minimum absolute atomic E-state index is 0.261. The zero-order valence-corrected chi connectivity index (χ0v) is 17.3.